The van der Waals surface area contributed by atoms with Gasteiger partial charge in [-0.05, 0) is 43.9 Å². The van der Waals surface area contributed by atoms with Gasteiger partial charge < -0.3 is 16.2 Å². The van der Waals surface area contributed by atoms with Crippen LogP contribution in [0.4, 0.5) is 0 Å². The first-order chi connectivity index (χ1) is 8.88. The lowest BCUT2D eigenvalue weighted by Crippen LogP contribution is -2.19. The summed E-state index contributed by atoms with van der Waals surface area (Å²) in [5.41, 5.74) is 12.4. The maximum absolute atomic E-state index is 10.8. The molecule has 0 aliphatic heterocycles. The lowest BCUT2D eigenvalue weighted by Gasteiger charge is -2.17. The SMILES string of the molecule is CC(CC(N)=O)CC(N)c1ccc(OC(C)C)cc1. The van der Waals surface area contributed by atoms with Gasteiger partial charge in [-0.25, -0.2) is 0 Å². The Bertz CT molecular complexity index is 401. The molecule has 0 bridgehead atoms. The molecule has 1 aromatic carbocycles. The number of carbonyl (C=O) groups excluding carboxylic acids is 1. The van der Waals surface area contributed by atoms with Crippen molar-refractivity contribution in [1.82, 2.24) is 0 Å². The summed E-state index contributed by atoms with van der Waals surface area (Å²) in [6.07, 6.45) is 1.28. The molecule has 0 aliphatic carbocycles. The molecule has 106 valence electrons. The first-order valence-corrected chi connectivity index (χ1v) is 6.69. The summed E-state index contributed by atoms with van der Waals surface area (Å²) in [6, 6.07) is 7.71. The van der Waals surface area contributed by atoms with E-state index in [1.165, 1.54) is 0 Å². The van der Waals surface area contributed by atoms with Crippen LogP contribution in [-0.4, -0.2) is 12.0 Å². The number of hydrogen-bond acceptors (Lipinski definition) is 3. The quantitative estimate of drug-likeness (QED) is 0.793. The minimum absolute atomic E-state index is 0.0811. The van der Waals surface area contributed by atoms with Gasteiger partial charge in [-0.3, -0.25) is 4.79 Å². The van der Waals surface area contributed by atoms with Crippen molar-refractivity contribution in [1.29, 1.82) is 0 Å². The summed E-state index contributed by atoms with van der Waals surface area (Å²) >= 11 is 0. The molecule has 0 saturated carbocycles. The Kier molecular flexibility index (Phi) is 5.83. The van der Waals surface area contributed by atoms with Crippen molar-refractivity contribution < 1.29 is 9.53 Å². The second-order valence-corrected chi connectivity index (χ2v) is 5.35. The minimum atomic E-state index is -0.277. The van der Waals surface area contributed by atoms with Crippen LogP contribution >= 0.6 is 0 Å². The summed E-state index contributed by atoms with van der Waals surface area (Å²) < 4.78 is 5.58. The molecule has 1 amide bonds. The van der Waals surface area contributed by atoms with Crippen molar-refractivity contribution in [2.75, 3.05) is 0 Å². The fourth-order valence-corrected chi connectivity index (χ4v) is 2.06. The maximum Gasteiger partial charge on any atom is 0.217 e. The zero-order valence-electron chi connectivity index (χ0n) is 11.9. The fourth-order valence-electron chi connectivity index (χ4n) is 2.06. The van der Waals surface area contributed by atoms with Crippen LogP contribution in [0.25, 0.3) is 0 Å². The standard InChI is InChI=1S/C15H24N2O2/c1-10(2)19-13-6-4-12(5-7-13)14(16)8-11(3)9-15(17)18/h4-7,10-11,14H,8-9,16H2,1-3H3,(H2,17,18). The van der Waals surface area contributed by atoms with E-state index in [0.717, 1.165) is 17.7 Å². The lowest BCUT2D eigenvalue weighted by molar-refractivity contribution is -0.118. The van der Waals surface area contributed by atoms with Crippen molar-refractivity contribution in [3.05, 3.63) is 29.8 Å². The molecule has 0 saturated heterocycles. The van der Waals surface area contributed by atoms with Gasteiger partial charge in [0.15, 0.2) is 0 Å². The van der Waals surface area contributed by atoms with E-state index in [1.807, 2.05) is 45.0 Å². The van der Waals surface area contributed by atoms with E-state index in [4.69, 9.17) is 16.2 Å². The van der Waals surface area contributed by atoms with Crippen LogP contribution in [0.1, 0.15) is 45.2 Å². The van der Waals surface area contributed by atoms with Crippen LogP contribution in [0.3, 0.4) is 0 Å². The average molecular weight is 264 g/mol. The molecule has 4 heteroatoms. The van der Waals surface area contributed by atoms with Gasteiger partial charge in [-0.1, -0.05) is 19.1 Å². The van der Waals surface area contributed by atoms with Crippen LogP contribution in [-0.2, 0) is 4.79 Å². The van der Waals surface area contributed by atoms with E-state index in [1.54, 1.807) is 0 Å². The molecule has 0 aliphatic rings. The number of nitrogens with two attached hydrogens (primary N) is 2. The van der Waals surface area contributed by atoms with E-state index in [0.29, 0.717) is 6.42 Å². The summed E-state index contributed by atoms with van der Waals surface area (Å²) in [5.74, 6) is 0.760. The van der Waals surface area contributed by atoms with Crippen molar-refractivity contribution in [3.8, 4) is 5.75 Å². The largest absolute Gasteiger partial charge is 0.491 e. The van der Waals surface area contributed by atoms with Gasteiger partial charge in [0.05, 0.1) is 6.10 Å². The molecular weight excluding hydrogens is 240 g/mol. The van der Waals surface area contributed by atoms with Gasteiger partial charge in [0, 0.05) is 12.5 Å². The molecule has 19 heavy (non-hydrogen) atoms. The molecule has 0 radical (unpaired) electrons. The number of benzene rings is 1. The topological polar surface area (TPSA) is 78.3 Å². The summed E-state index contributed by atoms with van der Waals surface area (Å²) in [4.78, 5) is 10.8. The van der Waals surface area contributed by atoms with E-state index in [-0.39, 0.29) is 24.0 Å². The van der Waals surface area contributed by atoms with Crippen LogP contribution < -0.4 is 16.2 Å². The second kappa shape index (κ2) is 7.14. The predicted molar refractivity (Wildman–Crippen MR) is 76.7 cm³/mol. The molecule has 0 aromatic heterocycles. The highest BCUT2D eigenvalue weighted by Gasteiger charge is 2.13. The van der Waals surface area contributed by atoms with Crippen LogP contribution in [0, 0.1) is 5.92 Å². The third-order valence-electron chi connectivity index (χ3n) is 2.89. The second-order valence-electron chi connectivity index (χ2n) is 5.35. The molecular formula is C15H24N2O2. The van der Waals surface area contributed by atoms with Gasteiger partial charge >= 0.3 is 0 Å². The predicted octanol–water partition coefficient (Wildman–Crippen LogP) is 2.38. The molecule has 0 fully saturated rings. The highest BCUT2D eigenvalue weighted by atomic mass is 16.5. The van der Waals surface area contributed by atoms with Gasteiger partial charge in [0.2, 0.25) is 5.91 Å². The Morgan fingerprint density at radius 2 is 1.79 bits per heavy atom. The molecule has 0 spiro atoms. The van der Waals surface area contributed by atoms with E-state index >= 15 is 0 Å². The highest BCUT2D eigenvalue weighted by molar-refractivity contribution is 5.73. The third-order valence-corrected chi connectivity index (χ3v) is 2.89. The lowest BCUT2D eigenvalue weighted by atomic mass is 9.94. The normalized spacial score (nSPS) is 14.2. The Morgan fingerprint density at radius 3 is 2.26 bits per heavy atom. The average Bonchev–Trinajstić information content (AvgIpc) is 2.27. The summed E-state index contributed by atoms with van der Waals surface area (Å²) in [5, 5.41) is 0. The first kappa shape index (κ1) is 15.5. The summed E-state index contributed by atoms with van der Waals surface area (Å²) in [7, 11) is 0. The molecule has 4 nitrogen and oxygen atoms in total. The molecule has 2 atom stereocenters. The molecule has 4 N–H and O–H groups in total. The van der Waals surface area contributed by atoms with E-state index < -0.39 is 0 Å². The van der Waals surface area contributed by atoms with Crippen molar-refractivity contribution in [2.24, 2.45) is 17.4 Å². The molecule has 1 aromatic rings. The summed E-state index contributed by atoms with van der Waals surface area (Å²) in [6.45, 7) is 5.97. The minimum Gasteiger partial charge on any atom is -0.491 e. The monoisotopic (exact) mass is 264 g/mol. The van der Waals surface area contributed by atoms with E-state index in [2.05, 4.69) is 0 Å². The van der Waals surface area contributed by atoms with Gasteiger partial charge in [-0.2, -0.15) is 0 Å². The Morgan fingerprint density at radius 1 is 1.21 bits per heavy atom. The smallest absolute Gasteiger partial charge is 0.217 e. The van der Waals surface area contributed by atoms with E-state index in [9.17, 15) is 4.79 Å². The number of ether oxygens (including phenoxy) is 1. The van der Waals surface area contributed by atoms with Crippen LogP contribution in [0.5, 0.6) is 5.75 Å². The Labute approximate surface area is 115 Å². The fraction of sp³-hybridized carbons (Fsp3) is 0.533. The molecule has 2 unspecified atom stereocenters. The Balaban J connectivity index is 2.57. The number of rotatable bonds is 7. The Hall–Kier alpha value is -1.55. The van der Waals surface area contributed by atoms with Gasteiger partial charge in [-0.15, -0.1) is 0 Å². The number of hydrogen-bond donors (Lipinski definition) is 2. The van der Waals surface area contributed by atoms with Gasteiger partial charge in [0.25, 0.3) is 0 Å². The van der Waals surface area contributed by atoms with Crippen LogP contribution in [0.15, 0.2) is 24.3 Å². The van der Waals surface area contributed by atoms with Gasteiger partial charge in [0.1, 0.15) is 5.75 Å². The zero-order valence-corrected chi connectivity index (χ0v) is 11.9. The first-order valence-electron chi connectivity index (χ1n) is 6.69. The van der Waals surface area contributed by atoms with Crippen LogP contribution in [0.2, 0.25) is 0 Å². The third kappa shape index (κ3) is 5.75. The highest BCUT2D eigenvalue weighted by Crippen LogP contribution is 2.23. The van der Waals surface area contributed by atoms with Crippen molar-refractivity contribution >= 4 is 5.91 Å². The molecule has 1 rings (SSSR count). The van der Waals surface area contributed by atoms with Crippen molar-refractivity contribution in [2.45, 2.75) is 45.8 Å². The van der Waals surface area contributed by atoms with Crippen molar-refractivity contribution in [3.63, 3.8) is 0 Å². The number of amides is 1. The number of carbonyl (C=O) groups is 1. The maximum atomic E-state index is 10.8. The zero-order chi connectivity index (χ0) is 14.4. The number of primary amides is 1. The molecule has 0 heterocycles.